The van der Waals surface area contributed by atoms with Crippen LogP contribution < -0.4 is 5.73 Å². The first kappa shape index (κ1) is 10.4. The fourth-order valence-electron chi connectivity index (χ4n) is 2.63. The van der Waals surface area contributed by atoms with E-state index in [-0.39, 0.29) is 0 Å². The normalized spacial score (nSPS) is 25.1. The van der Waals surface area contributed by atoms with Gasteiger partial charge in [-0.05, 0) is 44.1 Å². The fraction of sp³-hybridized carbons (Fsp3) is 1.00. The van der Waals surface area contributed by atoms with Gasteiger partial charge in [-0.2, -0.15) is 0 Å². The molecule has 0 aliphatic heterocycles. The first-order valence-corrected chi connectivity index (χ1v) is 6.29. The molecule has 0 spiro atoms. The summed E-state index contributed by atoms with van der Waals surface area (Å²) in [5.41, 5.74) is 5.88. The van der Waals surface area contributed by atoms with Crippen LogP contribution in [0.3, 0.4) is 0 Å². The molecule has 1 atom stereocenters. The average Bonchev–Trinajstić information content (AvgIpc) is 2.92. The molecule has 82 valence electrons. The Morgan fingerprint density at radius 1 is 1.29 bits per heavy atom. The zero-order valence-electron chi connectivity index (χ0n) is 9.41. The number of hydrogen-bond donors (Lipinski definition) is 1. The van der Waals surface area contributed by atoms with Gasteiger partial charge in [0.2, 0.25) is 0 Å². The average molecular weight is 196 g/mol. The van der Waals surface area contributed by atoms with Gasteiger partial charge in [0, 0.05) is 19.1 Å². The number of rotatable bonds is 6. The molecule has 0 heterocycles. The Hall–Kier alpha value is -0.0800. The Labute approximate surface area is 87.8 Å². The smallest absolute Gasteiger partial charge is 0.0246 e. The predicted molar refractivity (Wildman–Crippen MR) is 60.2 cm³/mol. The molecule has 0 aromatic heterocycles. The molecule has 0 saturated heterocycles. The molecule has 0 aromatic rings. The Balaban J connectivity index is 1.81. The van der Waals surface area contributed by atoms with Crippen LogP contribution in [0.15, 0.2) is 0 Å². The summed E-state index contributed by atoms with van der Waals surface area (Å²) >= 11 is 0. The van der Waals surface area contributed by atoms with Crippen LogP contribution in [0.2, 0.25) is 0 Å². The largest absolute Gasteiger partial charge is 0.329 e. The Kier molecular flexibility index (Phi) is 3.45. The van der Waals surface area contributed by atoms with Crippen LogP contribution in [0.5, 0.6) is 0 Å². The van der Waals surface area contributed by atoms with Crippen molar-refractivity contribution in [1.29, 1.82) is 0 Å². The third-order valence-corrected chi connectivity index (χ3v) is 4.00. The maximum absolute atomic E-state index is 5.88. The van der Waals surface area contributed by atoms with E-state index in [0.717, 1.165) is 18.4 Å². The minimum atomic E-state index is 0.695. The Morgan fingerprint density at radius 3 is 2.36 bits per heavy atom. The lowest BCUT2D eigenvalue weighted by atomic mass is 9.84. The summed E-state index contributed by atoms with van der Waals surface area (Å²) in [4.78, 5) is 2.64. The lowest BCUT2D eigenvalue weighted by Crippen LogP contribution is -2.45. The Bertz CT molecular complexity index is 173. The maximum Gasteiger partial charge on any atom is 0.0246 e. The molecule has 0 radical (unpaired) electrons. The first-order chi connectivity index (χ1) is 6.85. The van der Waals surface area contributed by atoms with E-state index in [4.69, 9.17) is 5.73 Å². The highest BCUT2D eigenvalue weighted by atomic mass is 15.2. The monoisotopic (exact) mass is 196 g/mol. The molecule has 0 bridgehead atoms. The van der Waals surface area contributed by atoms with Crippen LogP contribution in [0.1, 0.15) is 39.0 Å². The van der Waals surface area contributed by atoms with E-state index in [0.29, 0.717) is 6.04 Å². The van der Waals surface area contributed by atoms with Gasteiger partial charge in [0.05, 0.1) is 0 Å². The molecule has 2 aliphatic carbocycles. The molecule has 0 amide bonds. The summed E-state index contributed by atoms with van der Waals surface area (Å²) in [5.74, 6) is 1.92. The second kappa shape index (κ2) is 4.63. The van der Waals surface area contributed by atoms with Crippen LogP contribution in [0.4, 0.5) is 0 Å². The molecule has 14 heavy (non-hydrogen) atoms. The van der Waals surface area contributed by atoms with E-state index in [2.05, 4.69) is 11.8 Å². The molecule has 2 N–H and O–H groups in total. The van der Waals surface area contributed by atoms with E-state index in [1.165, 1.54) is 45.2 Å². The molecular weight excluding hydrogens is 172 g/mol. The van der Waals surface area contributed by atoms with Gasteiger partial charge in [-0.1, -0.05) is 13.3 Å². The van der Waals surface area contributed by atoms with Crippen molar-refractivity contribution in [2.24, 2.45) is 17.6 Å². The van der Waals surface area contributed by atoms with Crippen LogP contribution in [-0.4, -0.2) is 30.6 Å². The molecule has 0 aromatic carbocycles. The third kappa shape index (κ3) is 2.29. The molecule has 2 rings (SSSR count). The summed E-state index contributed by atoms with van der Waals surface area (Å²) in [5, 5.41) is 0. The van der Waals surface area contributed by atoms with Crippen molar-refractivity contribution in [3.05, 3.63) is 0 Å². The quantitative estimate of drug-likeness (QED) is 0.702. The van der Waals surface area contributed by atoms with Crippen LogP contribution in [0, 0.1) is 11.8 Å². The van der Waals surface area contributed by atoms with Crippen LogP contribution in [0.25, 0.3) is 0 Å². The molecule has 2 fully saturated rings. The summed E-state index contributed by atoms with van der Waals surface area (Å²) in [7, 11) is 0. The van der Waals surface area contributed by atoms with Crippen molar-refractivity contribution in [2.75, 3.05) is 19.6 Å². The minimum Gasteiger partial charge on any atom is -0.329 e. The topological polar surface area (TPSA) is 29.3 Å². The number of nitrogens with two attached hydrogens (primary N) is 1. The fourth-order valence-corrected chi connectivity index (χ4v) is 2.63. The highest BCUT2D eigenvalue weighted by Crippen LogP contribution is 2.36. The van der Waals surface area contributed by atoms with Crippen molar-refractivity contribution in [3.8, 4) is 0 Å². The van der Waals surface area contributed by atoms with E-state index in [9.17, 15) is 0 Å². The highest BCUT2D eigenvalue weighted by Gasteiger charge is 2.34. The SMILES string of the molecule is CCN(CC1CCC1)C(CN)C1CC1. The van der Waals surface area contributed by atoms with E-state index in [1.54, 1.807) is 0 Å². The van der Waals surface area contributed by atoms with Gasteiger partial charge in [-0.25, -0.2) is 0 Å². The molecule has 2 aliphatic rings. The van der Waals surface area contributed by atoms with E-state index in [1.807, 2.05) is 0 Å². The lowest BCUT2D eigenvalue weighted by Gasteiger charge is -2.36. The third-order valence-electron chi connectivity index (χ3n) is 4.00. The van der Waals surface area contributed by atoms with Gasteiger partial charge >= 0.3 is 0 Å². The zero-order valence-corrected chi connectivity index (χ0v) is 9.41. The first-order valence-electron chi connectivity index (χ1n) is 6.29. The van der Waals surface area contributed by atoms with E-state index >= 15 is 0 Å². The van der Waals surface area contributed by atoms with Crippen molar-refractivity contribution in [3.63, 3.8) is 0 Å². The number of hydrogen-bond acceptors (Lipinski definition) is 2. The number of likely N-dealkylation sites (N-methyl/N-ethyl adjacent to an activating group) is 1. The van der Waals surface area contributed by atoms with Gasteiger partial charge in [0.1, 0.15) is 0 Å². The summed E-state index contributed by atoms with van der Waals surface area (Å²) in [6.45, 7) is 5.65. The van der Waals surface area contributed by atoms with Crippen LogP contribution >= 0.6 is 0 Å². The van der Waals surface area contributed by atoms with Gasteiger partial charge in [0.25, 0.3) is 0 Å². The lowest BCUT2D eigenvalue weighted by molar-refractivity contribution is 0.129. The standard InChI is InChI=1S/C12H24N2/c1-2-14(9-10-4-3-5-10)12(8-13)11-6-7-11/h10-12H,2-9,13H2,1H3. The summed E-state index contributed by atoms with van der Waals surface area (Å²) in [6.07, 6.45) is 7.21. The van der Waals surface area contributed by atoms with Gasteiger partial charge in [-0.15, -0.1) is 0 Å². The van der Waals surface area contributed by atoms with Crippen LogP contribution in [-0.2, 0) is 0 Å². The molecule has 2 heteroatoms. The van der Waals surface area contributed by atoms with E-state index < -0.39 is 0 Å². The molecule has 2 saturated carbocycles. The second-order valence-electron chi connectivity index (χ2n) is 5.02. The zero-order chi connectivity index (χ0) is 9.97. The van der Waals surface area contributed by atoms with Crippen molar-refractivity contribution in [1.82, 2.24) is 4.90 Å². The van der Waals surface area contributed by atoms with Crippen molar-refractivity contribution >= 4 is 0 Å². The molecular formula is C12H24N2. The van der Waals surface area contributed by atoms with Gasteiger partial charge in [-0.3, -0.25) is 4.90 Å². The van der Waals surface area contributed by atoms with Crippen molar-refractivity contribution < 1.29 is 0 Å². The van der Waals surface area contributed by atoms with Gasteiger partial charge in [0.15, 0.2) is 0 Å². The highest BCUT2D eigenvalue weighted by molar-refractivity contribution is 4.89. The van der Waals surface area contributed by atoms with Gasteiger partial charge < -0.3 is 5.73 Å². The Morgan fingerprint density at radius 2 is 2.00 bits per heavy atom. The summed E-state index contributed by atoms with van der Waals surface area (Å²) < 4.78 is 0. The number of nitrogens with zero attached hydrogens (tertiary/aromatic N) is 1. The van der Waals surface area contributed by atoms with Crippen molar-refractivity contribution in [2.45, 2.75) is 45.1 Å². The maximum atomic E-state index is 5.88. The predicted octanol–water partition coefficient (Wildman–Crippen LogP) is 1.85. The molecule has 2 nitrogen and oxygen atoms in total. The molecule has 1 unspecified atom stereocenters. The summed E-state index contributed by atoms with van der Waals surface area (Å²) in [6, 6.07) is 0.695. The second-order valence-corrected chi connectivity index (χ2v) is 5.02. The minimum absolute atomic E-state index is 0.695.